The van der Waals surface area contributed by atoms with Crippen LogP contribution in [0.2, 0.25) is 0 Å². The molecule has 7 heteroatoms. The van der Waals surface area contributed by atoms with Crippen LogP contribution in [-0.4, -0.2) is 28.8 Å². The van der Waals surface area contributed by atoms with Crippen molar-refractivity contribution in [3.63, 3.8) is 0 Å². The smallest absolute Gasteiger partial charge is 0.296 e. The predicted octanol–water partition coefficient (Wildman–Crippen LogP) is 4.43. The third-order valence-electron chi connectivity index (χ3n) is 5.47. The zero-order chi connectivity index (χ0) is 22.3. The molecule has 1 atom stereocenters. The van der Waals surface area contributed by atoms with Gasteiger partial charge in [-0.05, 0) is 68.3 Å². The van der Waals surface area contributed by atoms with Crippen LogP contribution in [0, 0.1) is 20.8 Å². The number of aliphatic hydroxyl groups excluding tert-OH is 1. The summed E-state index contributed by atoms with van der Waals surface area (Å²) in [5.41, 5.74) is 1.96. The van der Waals surface area contributed by atoms with Crippen molar-refractivity contribution < 1.29 is 28.3 Å². The van der Waals surface area contributed by atoms with Gasteiger partial charge in [-0.25, -0.2) is 0 Å². The Balaban J connectivity index is 1.89. The van der Waals surface area contributed by atoms with Crippen LogP contribution in [0.25, 0.3) is 5.76 Å². The summed E-state index contributed by atoms with van der Waals surface area (Å²) in [4.78, 5) is 27.4. The molecule has 3 heterocycles. The molecule has 1 fully saturated rings. The number of aryl methyl sites for hydroxylation is 3. The lowest BCUT2D eigenvalue weighted by atomic mass is 9.95. The lowest BCUT2D eigenvalue weighted by molar-refractivity contribution is -0.140. The average Bonchev–Trinajstić information content (AvgIpc) is 3.46. The van der Waals surface area contributed by atoms with E-state index in [1.54, 1.807) is 50.4 Å². The molecule has 1 aromatic carbocycles. The molecule has 4 rings (SSSR count). The van der Waals surface area contributed by atoms with Crippen molar-refractivity contribution in [2.45, 2.75) is 33.4 Å². The Kier molecular flexibility index (Phi) is 5.19. The predicted molar refractivity (Wildman–Crippen MR) is 112 cm³/mol. The van der Waals surface area contributed by atoms with E-state index in [0.717, 1.165) is 5.56 Å². The third-order valence-corrected chi connectivity index (χ3v) is 5.47. The molecule has 160 valence electrons. The van der Waals surface area contributed by atoms with Crippen molar-refractivity contribution in [1.29, 1.82) is 0 Å². The molecule has 1 N–H and O–H groups in total. The third kappa shape index (κ3) is 3.52. The summed E-state index contributed by atoms with van der Waals surface area (Å²) in [7, 11) is 1.57. The highest BCUT2D eigenvalue weighted by atomic mass is 16.5. The molecule has 3 aromatic rings. The minimum atomic E-state index is -0.874. The van der Waals surface area contributed by atoms with Gasteiger partial charge in [-0.3, -0.25) is 9.59 Å². The summed E-state index contributed by atoms with van der Waals surface area (Å²) in [6.45, 7) is 5.50. The zero-order valence-electron chi connectivity index (χ0n) is 17.8. The minimum Gasteiger partial charge on any atom is -0.507 e. The summed E-state index contributed by atoms with van der Waals surface area (Å²) >= 11 is 0. The van der Waals surface area contributed by atoms with Gasteiger partial charge in [-0.2, -0.15) is 0 Å². The van der Waals surface area contributed by atoms with E-state index in [1.165, 1.54) is 11.2 Å². The monoisotopic (exact) mass is 421 g/mol. The molecule has 1 saturated heterocycles. The highest BCUT2D eigenvalue weighted by Gasteiger charge is 2.48. The van der Waals surface area contributed by atoms with Crippen molar-refractivity contribution in [3.8, 4) is 5.75 Å². The molecule has 1 amide bonds. The van der Waals surface area contributed by atoms with Crippen LogP contribution in [-0.2, 0) is 16.1 Å². The number of methoxy groups -OCH3 is 1. The molecule has 0 radical (unpaired) electrons. The topological polar surface area (TPSA) is 93.1 Å². The van der Waals surface area contributed by atoms with E-state index in [0.29, 0.717) is 34.2 Å². The van der Waals surface area contributed by atoms with Crippen LogP contribution in [0.5, 0.6) is 5.75 Å². The SMILES string of the molecule is COc1cc(C)c(/C(O)=C2\C(=O)C(=O)N(Cc3ccco3)C2c2ccc(C)o2)cc1C. The van der Waals surface area contributed by atoms with Gasteiger partial charge >= 0.3 is 0 Å². The second-order valence-corrected chi connectivity index (χ2v) is 7.59. The van der Waals surface area contributed by atoms with Crippen molar-refractivity contribution in [3.05, 3.63) is 82.2 Å². The second kappa shape index (κ2) is 7.83. The molecule has 1 aliphatic heterocycles. The van der Waals surface area contributed by atoms with Gasteiger partial charge in [-0.15, -0.1) is 0 Å². The van der Waals surface area contributed by atoms with E-state index in [-0.39, 0.29) is 17.9 Å². The summed E-state index contributed by atoms with van der Waals surface area (Å²) in [6, 6.07) is 9.55. The molecule has 7 nitrogen and oxygen atoms in total. The van der Waals surface area contributed by atoms with Crippen molar-refractivity contribution >= 4 is 17.4 Å². The molecular formula is C24H23NO6. The number of likely N-dealkylation sites (tertiary alicyclic amines) is 1. The number of nitrogens with zero attached hydrogens (tertiary/aromatic N) is 1. The van der Waals surface area contributed by atoms with Crippen LogP contribution in [0.1, 0.15) is 40.0 Å². The fourth-order valence-electron chi connectivity index (χ4n) is 3.92. The van der Waals surface area contributed by atoms with Gasteiger partial charge in [0.25, 0.3) is 11.7 Å². The number of amides is 1. The van der Waals surface area contributed by atoms with Crippen LogP contribution >= 0.6 is 0 Å². The Morgan fingerprint density at radius 1 is 1.13 bits per heavy atom. The summed E-state index contributed by atoms with van der Waals surface area (Å²) in [5, 5.41) is 11.2. The maximum atomic E-state index is 13.1. The van der Waals surface area contributed by atoms with Gasteiger partial charge < -0.3 is 23.6 Å². The lowest BCUT2D eigenvalue weighted by Gasteiger charge is -2.22. The van der Waals surface area contributed by atoms with Gasteiger partial charge in [0.1, 0.15) is 34.8 Å². The number of carbonyl (C=O) groups is 2. The van der Waals surface area contributed by atoms with Crippen LogP contribution in [0.4, 0.5) is 0 Å². The number of hydrogen-bond donors (Lipinski definition) is 1. The molecule has 31 heavy (non-hydrogen) atoms. The number of ketones is 1. The second-order valence-electron chi connectivity index (χ2n) is 7.59. The Morgan fingerprint density at radius 3 is 2.52 bits per heavy atom. The fourth-order valence-corrected chi connectivity index (χ4v) is 3.92. The first kappa shape index (κ1) is 20.5. The molecule has 0 spiro atoms. The van der Waals surface area contributed by atoms with E-state index in [1.807, 2.05) is 13.8 Å². The van der Waals surface area contributed by atoms with E-state index in [9.17, 15) is 14.7 Å². The number of Topliss-reactive ketones (excluding diaryl/α,β-unsaturated/α-hetero) is 1. The van der Waals surface area contributed by atoms with E-state index in [4.69, 9.17) is 13.6 Å². The van der Waals surface area contributed by atoms with Gasteiger partial charge in [0.15, 0.2) is 0 Å². The van der Waals surface area contributed by atoms with E-state index < -0.39 is 17.7 Å². The Hall–Kier alpha value is -3.74. The molecule has 0 aliphatic carbocycles. The number of ether oxygens (including phenoxy) is 1. The Morgan fingerprint density at radius 2 is 1.90 bits per heavy atom. The van der Waals surface area contributed by atoms with Gasteiger partial charge in [0.05, 0.1) is 25.5 Å². The van der Waals surface area contributed by atoms with Crippen LogP contribution in [0.3, 0.4) is 0 Å². The van der Waals surface area contributed by atoms with E-state index >= 15 is 0 Å². The standard InChI is InChI=1S/C24H23NO6/c1-13-11-19(29-4)14(2)10-17(13)22(26)20-21(18-8-7-15(3)31-18)25(24(28)23(20)27)12-16-6-5-9-30-16/h5-11,21,26H,12H2,1-4H3/b22-20+. The zero-order valence-corrected chi connectivity index (χ0v) is 17.8. The summed E-state index contributed by atoms with van der Waals surface area (Å²) < 4.78 is 16.5. The molecule has 2 aromatic heterocycles. The van der Waals surface area contributed by atoms with Crippen molar-refractivity contribution in [2.24, 2.45) is 0 Å². The molecule has 0 bridgehead atoms. The highest BCUT2D eigenvalue weighted by molar-refractivity contribution is 6.46. The maximum absolute atomic E-state index is 13.1. The number of carbonyl (C=O) groups excluding carboxylic acids is 2. The molecular weight excluding hydrogens is 398 g/mol. The number of furan rings is 2. The number of rotatable bonds is 5. The normalized spacial score (nSPS) is 18.1. The van der Waals surface area contributed by atoms with E-state index in [2.05, 4.69) is 0 Å². The van der Waals surface area contributed by atoms with Gasteiger partial charge in [0.2, 0.25) is 0 Å². The number of aliphatic hydroxyl groups is 1. The van der Waals surface area contributed by atoms with Crippen molar-refractivity contribution in [2.75, 3.05) is 7.11 Å². The first-order valence-corrected chi connectivity index (χ1v) is 9.84. The average molecular weight is 421 g/mol. The summed E-state index contributed by atoms with van der Waals surface area (Å²) in [5.74, 6) is 0.485. The summed E-state index contributed by atoms with van der Waals surface area (Å²) in [6.07, 6.45) is 1.50. The van der Waals surface area contributed by atoms with Gasteiger partial charge in [-0.1, -0.05) is 0 Å². The number of hydrogen-bond acceptors (Lipinski definition) is 6. The van der Waals surface area contributed by atoms with Crippen molar-refractivity contribution in [1.82, 2.24) is 4.90 Å². The quantitative estimate of drug-likeness (QED) is 0.372. The van der Waals surface area contributed by atoms with Gasteiger partial charge in [0, 0.05) is 5.56 Å². The molecule has 1 aliphatic rings. The van der Waals surface area contributed by atoms with Crippen LogP contribution in [0.15, 0.2) is 57.1 Å². The number of benzene rings is 1. The maximum Gasteiger partial charge on any atom is 0.296 e. The molecule has 1 unspecified atom stereocenters. The first-order valence-electron chi connectivity index (χ1n) is 9.84. The highest BCUT2D eigenvalue weighted by Crippen LogP contribution is 2.41. The largest absolute Gasteiger partial charge is 0.507 e. The minimum absolute atomic E-state index is 0.0152. The fraction of sp³-hybridized carbons (Fsp3) is 0.250. The Labute approximate surface area is 179 Å². The molecule has 0 saturated carbocycles. The lowest BCUT2D eigenvalue weighted by Crippen LogP contribution is -2.28. The Bertz CT molecular complexity index is 1180. The van der Waals surface area contributed by atoms with Crippen LogP contribution < -0.4 is 4.74 Å². The first-order chi connectivity index (χ1) is 14.8.